The minimum absolute atomic E-state index is 0.110. The van der Waals surface area contributed by atoms with Crippen molar-refractivity contribution < 1.29 is 9.90 Å². The summed E-state index contributed by atoms with van der Waals surface area (Å²) >= 11 is 7.40. The molecule has 0 atom stereocenters. The fourth-order valence-corrected chi connectivity index (χ4v) is 2.45. The van der Waals surface area contributed by atoms with E-state index >= 15 is 0 Å². The van der Waals surface area contributed by atoms with Gasteiger partial charge < -0.3 is 5.11 Å². The van der Waals surface area contributed by atoms with Crippen LogP contribution in [-0.2, 0) is 11.2 Å². The van der Waals surface area contributed by atoms with Crippen LogP contribution in [0.1, 0.15) is 12.1 Å². The Labute approximate surface area is 108 Å². The van der Waals surface area contributed by atoms with Crippen LogP contribution in [0.3, 0.4) is 0 Å². The normalized spacial score (nSPS) is 10.4. The summed E-state index contributed by atoms with van der Waals surface area (Å²) in [5, 5.41) is 12.0. The number of benzene rings is 1. The van der Waals surface area contributed by atoms with Gasteiger partial charge in [-0.05, 0) is 12.1 Å². The molecule has 17 heavy (non-hydrogen) atoms. The summed E-state index contributed by atoms with van der Waals surface area (Å²) < 4.78 is 0. The van der Waals surface area contributed by atoms with Crippen LogP contribution in [-0.4, -0.2) is 16.1 Å². The Morgan fingerprint density at radius 3 is 3.00 bits per heavy atom. The average molecular weight is 268 g/mol. The molecule has 5 heteroatoms. The van der Waals surface area contributed by atoms with Gasteiger partial charge in [0.25, 0.3) is 0 Å². The molecule has 0 spiro atoms. The van der Waals surface area contributed by atoms with E-state index in [-0.39, 0.29) is 6.42 Å². The first kappa shape index (κ1) is 12.1. The summed E-state index contributed by atoms with van der Waals surface area (Å²) in [5.41, 5.74) is 1.77. The van der Waals surface area contributed by atoms with Crippen molar-refractivity contribution in [3.8, 4) is 10.6 Å². The van der Waals surface area contributed by atoms with Gasteiger partial charge in [-0.25, -0.2) is 4.98 Å². The van der Waals surface area contributed by atoms with Crippen molar-refractivity contribution in [2.75, 3.05) is 0 Å². The summed E-state index contributed by atoms with van der Waals surface area (Å²) in [7, 11) is 0. The highest BCUT2D eigenvalue weighted by Gasteiger charge is 2.06. The molecule has 1 N–H and O–H groups in total. The fourth-order valence-electron chi connectivity index (χ4n) is 1.41. The second-order valence-corrected chi connectivity index (χ2v) is 4.84. The number of rotatable bonds is 4. The van der Waals surface area contributed by atoms with Gasteiger partial charge in [-0.1, -0.05) is 23.7 Å². The van der Waals surface area contributed by atoms with Gasteiger partial charge in [0.15, 0.2) is 0 Å². The molecule has 1 heterocycles. The third-order valence-electron chi connectivity index (χ3n) is 2.22. The van der Waals surface area contributed by atoms with Gasteiger partial charge in [-0.15, -0.1) is 11.3 Å². The fraction of sp³-hybridized carbons (Fsp3) is 0.167. The van der Waals surface area contributed by atoms with Crippen molar-refractivity contribution in [3.63, 3.8) is 0 Å². The SMILES string of the molecule is O=C(O)CCc1csc(-c2cccc(Cl)c2)n1. The number of carboxylic acids is 1. The molecule has 0 amide bonds. The van der Waals surface area contributed by atoms with E-state index in [0.717, 1.165) is 16.3 Å². The molecule has 0 saturated heterocycles. The van der Waals surface area contributed by atoms with Crippen LogP contribution in [0, 0.1) is 0 Å². The molecule has 0 saturated carbocycles. The maximum Gasteiger partial charge on any atom is 0.303 e. The highest BCUT2D eigenvalue weighted by Crippen LogP contribution is 2.26. The third kappa shape index (κ3) is 3.28. The highest BCUT2D eigenvalue weighted by atomic mass is 35.5. The topological polar surface area (TPSA) is 50.2 Å². The number of halogens is 1. The second kappa shape index (κ2) is 5.29. The lowest BCUT2D eigenvalue weighted by Gasteiger charge is -1.96. The summed E-state index contributed by atoms with van der Waals surface area (Å²) in [6.45, 7) is 0. The number of carbonyl (C=O) groups is 1. The minimum atomic E-state index is -0.803. The predicted octanol–water partition coefficient (Wildman–Crippen LogP) is 3.48. The van der Waals surface area contributed by atoms with Crippen molar-refractivity contribution in [3.05, 3.63) is 40.4 Å². The maximum absolute atomic E-state index is 10.5. The van der Waals surface area contributed by atoms with Crippen LogP contribution in [0.5, 0.6) is 0 Å². The van der Waals surface area contributed by atoms with E-state index in [1.807, 2.05) is 29.6 Å². The first-order valence-electron chi connectivity index (χ1n) is 5.07. The Balaban J connectivity index is 2.15. The van der Waals surface area contributed by atoms with Gasteiger partial charge in [-0.2, -0.15) is 0 Å². The second-order valence-electron chi connectivity index (χ2n) is 3.55. The molecular formula is C12H10ClNO2S. The van der Waals surface area contributed by atoms with Gasteiger partial charge in [0.05, 0.1) is 12.1 Å². The number of aliphatic carboxylic acids is 1. The van der Waals surface area contributed by atoms with E-state index in [4.69, 9.17) is 16.7 Å². The molecule has 0 bridgehead atoms. The molecule has 3 nitrogen and oxygen atoms in total. The molecule has 2 rings (SSSR count). The van der Waals surface area contributed by atoms with Crippen molar-refractivity contribution >= 4 is 28.9 Å². The van der Waals surface area contributed by atoms with Crippen LogP contribution in [0.4, 0.5) is 0 Å². The Hall–Kier alpha value is -1.39. The molecule has 0 radical (unpaired) electrons. The Bertz CT molecular complexity index is 539. The zero-order valence-electron chi connectivity index (χ0n) is 8.89. The first-order valence-corrected chi connectivity index (χ1v) is 6.33. The lowest BCUT2D eigenvalue weighted by molar-refractivity contribution is -0.136. The van der Waals surface area contributed by atoms with Gasteiger partial charge in [-0.3, -0.25) is 4.79 Å². The van der Waals surface area contributed by atoms with E-state index in [2.05, 4.69) is 4.98 Å². The summed E-state index contributed by atoms with van der Waals surface area (Å²) in [5.74, 6) is -0.803. The average Bonchev–Trinajstić information content (AvgIpc) is 2.75. The number of aryl methyl sites for hydroxylation is 1. The lowest BCUT2D eigenvalue weighted by Crippen LogP contribution is -1.97. The molecule has 0 unspecified atom stereocenters. The maximum atomic E-state index is 10.5. The Morgan fingerprint density at radius 2 is 2.29 bits per heavy atom. The molecule has 1 aromatic heterocycles. The number of thiazole rings is 1. The number of carboxylic acid groups (broad SMARTS) is 1. The summed E-state index contributed by atoms with van der Waals surface area (Å²) in [6.07, 6.45) is 0.575. The summed E-state index contributed by atoms with van der Waals surface area (Å²) in [6, 6.07) is 7.47. The van der Waals surface area contributed by atoms with Crippen LogP contribution in [0.2, 0.25) is 5.02 Å². The smallest absolute Gasteiger partial charge is 0.303 e. The monoisotopic (exact) mass is 267 g/mol. The molecular weight excluding hydrogens is 258 g/mol. The van der Waals surface area contributed by atoms with Gasteiger partial charge in [0, 0.05) is 22.4 Å². The van der Waals surface area contributed by atoms with E-state index in [1.54, 1.807) is 0 Å². The van der Waals surface area contributed by atoms with Gasteiger partial charge >= 0.3 is 5.97 Å². The van der Waals surface area contributed by atoms with Crippen LogP contribution in [0.15, 0.2) is 29.6 Å². The zero-order chi connectivity index (χ0) is 12.3. The quantitative estimate of drug-likeness (QED) is 0.923. The number of hydrogen-bond acceptors (Lipinski definition) is 3. The summed E-state index contributed by atoms with van der Waals surface area (Å²) in [4.78, 5) is 14.8. The van der Waals surface area contributed by atoms with Crippen molar-refractivity contribution in [2.45, 2.75) is 12.8 Å². The van der Waals surface area contributed by atoms with Crippen molar-refractivity contribution in [1.82, 2.24) is 4.98 Å². The molecule has 2 aromatic rings. The molecule has 0 aliphatic rings. The molecule has 0 aliphatic carbocycles. The standard InChI is InChI=1S/C12H10ClNO2S/c13-9-3-1-2-8(6-9)12-14-10(7-17-12)4-5-11(15)16/h1-3,6-7H,4-5H2,(H,15,16). The van der Waals surface area contributed by atoms with E-state index in [0.29, 0.717) is 11.4 Å². The molecule has 1 aromatic carbocycles. The van der Waals surface area contributed by atoms with E-state index in [1.165, 1.54) is 11.3 Å². The van der Waals surface area contributed by atoms with Crippen molar-refractivity contribution in [2.24, 2.45) is 0 Å². The van der Waals surface area contributed by atoms with Crippen LogP contribution < -0.4 is 0 Å². The minimum Gasteiger partial charge on any atom is -0.481 e. The van der Waals surface area contributed by atoms with Crippen molar-refractivity contribution in [1.29, 1.82) is 0 Å². The Kier molecular flexibility index (Phi) is 3.76. The van der Waals surface area contributed by atoms with E-state index in [9.17, 15) is 4.79 Å². The molecule has 0 fully saturated rings. The van der Waals surface area contributed by atoms with Gasteiger partial charge in [0.2, 0.25) is 0 Å². The van der Waals surface area contributed by atoms with Crippen LogP contribution in [0.25, 0.3) is 10.6 Å². The third-order valence-corrected chi connectivity index (χ3v) is 3.39. The molecule has 0 aliphatic heterocycles. The van der Waals surface area contributed by atoms with E-state index < -0.39 is 5.97 Å². The van der Waals surface area contributed by atoms with Gasteiger partial charge in [0.1, 0.15) is 5.01 Å². The number of aromatic nitrogens is 1. The lowest BCUT2D eigenvalue weighted by atomic mass is 10.2. The predicted molar refractivity (Wildman–Crippen MR) is 68.5 cm³/mol. The highest BCUT2D eigenvalue weighted by molar-refractivity contribution is 7.13. The van der Waals surface area contributed by atoms with Crippen LogP contribution >= 0.6 is 22.9 Å². The first-order chi connectivity index (χ1) is 8.15. The largest absolute Gasteiger partial charge is 0.481 e. The number of hydrogen-bond donors (Lipinski definition) is 1. The Morgan fingerprint density at radius 1 is 1.47 bits per heavy atom. The number of nitrogens with zero attached hydrogens (tertiary/aromatic N) is 1. The molecule has 88 valence electrons. The zero-order valence-corrected chi connectivity index (χ0v) is 10.5.